The Hall–Kier alpha value is -3.32. The first-order chi connectivity index (χ1) is 23.4. The van der Waals surface area contributed by atoms with Gasteiger partial charge in [-0.1, -0.05) is 64.4 Å². The van der Waals surface area contributed by atoms with E-state index in [1.165, 1.54) is 18.9 Å². The zero-order valence-corrected chi connectivity index (χ0v) is 31.1. The van der Waals surface area contributed by atoms with Crippen LogP contribution in [0.25, 0.3) is 0 Å². The number of hydrogen-bond donors (Lipinski definition) is 1. The second-order valence-electron chi connectivity index (χ2n) is 14.3. The number of benzene rings is 1. The molecule has 1 saturated heterocycles. The number of ketones is 1. The smallest absolute Gasteiger partial charge is 0.389 e. The van der Waals surface area contributed by atoms with Gasteiger partial charge in [0.15, 0.2) is 11.9 Å². The van der Waals surface area contributed by atoms with Gasteiger partial charge < -0.3 is 15.0 Å². The Bertz CT molecular complexity index is 1420. The number of likely N-dealkylation sites (tertiary alicyclic amines) is 1. The molecular weight excluding hydrogens is 669 g/mol. The zero-order chi connectivity index (χ0) is 37.2. The van der Waals surface area contributed by atoms with Crippen LogP contribution in [0.2, 0.25) is 0 Å². The maximum atomic E-state index is 13.8. The summed E-state index contributed by atoms with van der Waals surface area (Å²) in [6, 6.07) is 8.54. The van der Waals surface area contributed by atoms with Crippen LogP contribution in [0.15, 0.2) is 35.7 Å². The van der Waals surface area contributed by atoms with Gasteiger partial charge in [-0.2, -0.15) is 13.2 Å². The molecule has 1 aliphatic rings. The number of hydrogen-bond acceptors (Lipinski definition) is 8. The van der Waals surface area contributed by atoms with E-state index < -0.39 is 55.0 Å². The van der Waals surface area contributed by atoms with Crippen molar-refractivity contribution in [3.8, 4) is 0 Å². The molecule has 0 spiro atoms. The van der Waals surface area contributed by atoms with Crippen molar-refractivity contribution >= 4 is 34.9 Å². The van der Waals surface area contributed by atoms with Gasteiger partial charge in [0.05, 0.1) is 18.4 Å². The molecule has 2 aromatic rings. The van der Waals surface area contributed by atoms with E-state index in [4.69, 9.17) is 4.74 Å². The number of nitrogens with zero attached hydrogens (tertiary/aromatic N) is 3. The van der Waals surface area contributed by atoms with Gasteiger partial charge in [-0.05, 0) is 56.7 Å². The third-order valence-electron chi connectivity index (χ3n) is 9.24. The van der Waals surface area contributed by atoms with Gasteiger partial charge in [-0.3, -0.25) is 24.1 Å². The zero-order valence-electron chi connectivity index (χ0n) is 30.3. The molecule has 1 aromatic carbocycles. The number of rotatable bonds is 17. The molecule has 278 valence electrons. The molecule has 0 aliphatic carbocycles. The highest BCUT2D eigenvalue weighted by molar-refractivity contribution is 7.09. The first-order valence-corrected chi connectivity index (χ1v) is 18.4. The molecular formula is C37H53F3N4O5S. The minimum atomic E-state index is -4.65. The monoisotopic (exact) mass is 722 g/mol. The summed E-state index contributed by atoms with van der Waals surface area (Å²) in [6.07, 6.45) is -3.84. The molecule has 13 heteroatoms. The van der Waals surface area contributed by atoms with Crippen molar-refractivity contribution in [2.75, 3.05) is 20.6 Å². The number of carbonyl (C=O) groups is 4. The van der Waals surface area contributed by atoms with Crippen LogP contribution >= 0.6 is 11.3 Å². The highest BCUT2D eigenvalue weighted by atomic mass is 32.1. The average molecular weight is 723 g/mol. The van der Waals surface area contributed by atoms with Gasteiger partial charge in [-0.15, -0.1) is 11.3 Å². The summed E-state index contributed by atoms with van der Waals surface area (Å²) in [5, 5.41) is 5.02. The molecule has 0 radical (unpaired) electrons. The Morgan fingerprint density at radius 3 is 2.34 bits per heavy atom. The standard InChI is InChI=1S/C37H53F3N4O5S/c1-23(2)17-28(18-26-13-9-8-10-14-26)41-34(47)29-22-50-35(42-29)33(49-25(5)45)20-31(24(3)4)44(7)36(48)27(21-37(38,39)40)19-32(46)30-15-11-12-16-43(30)6/h8-10,13-14,22-24,27-28,30-31,33H,11-12,15-21H2,1-7H3,(H,41,47)/t27-,28+,30+,31+,33+/m0/s1. The molecule has 0 unspecified atom stereocenters. The van der Waals surface area contributed by atoms with Crippen molar-refractivity contribution in [2.24, 2.45) is 17.8 Å². The third kappa shape index (κ3) is 12.8. The topological polar surface area (TPSA) is 109 Å². The maximum Gasteiger partial charge on any atom is 0.389 e. The van der Waals surface area contributed by atoms with Crippen LogP contribution in [-0.2, 0) is 25.5 Å². The lowest BCUT2D eigenvalue weighted by atomic mass is 9.88. The Kier molecular flexibility index (Phi) is 15.4. The fourth-order valence-electron chi connectivity index (χ4n) is 6.79. The predicted molar refractivity (Wildman–Crippen MR) is 188 cm³/mol. The van der Waals surface area contributed by atoms with Crippen LogP contribution in [0.3, 0.4) is 0 Å². The number of likely N-dealkylation sites (N-methyl/N-ethyl adjacent to an activating group) is 1. The lowest BCUT2D eigenvalue weighted by Crippen LogP contribution is -2.47. The van der Waals surface area contributed by atoms with E-state index in [0.717, 1.165) is 36.2 Å². The van der Waals surface area contributed by atoms with Gasteiger partial charge in [0.2, 0.25) is 5.91 Å². The Balaban J connectivity index is 1.81. The molecule has 0 bridgehead atoms. The minimum Gasteiger partial charge on any atom is -0.455 e. The third-order valence-corrected chi connectivity index (χ3v) is 10.2. The molecule has 3 rings (SSSR count). The fraction of sp³-hybridized carbons (Fsp3) is 0.649. The second-order valence-corrected chi connectivity index (χ2v) is 15.2. The largest absolute Gasteiger partial charge is 0.455 e. The molecule has 5 atom stereocenters. The molecule has 0 saturated carbocycles. The lowest BCUT2D eigenvalue weighted by molar-refractivity contribution is -0.163. The summed E-state index contributed by atoms with van der Waals surface area (Å²) >= 11 is 1.13. The van der Waals surface area contributed by atoms with Crippen LogP contribution < -0.4 is 5.32 Å². The van der Waals surface area contributed by atoms with Crippen LogP contribution in [0.4, 0.5) is 13.2 Å². The molecule has 1 aliphatic heterocycles. The fourth-order valence-corrected chi connectivity index (χ4v) is 7.63. The normalized spacial score (nSPS) is 18.0. The van der Waals surface area contributed by atoms with Gasteiger partial charge in [-0.25, -0.2) is 4.98 Å². The number of ether oxygens (including phenoxy) is 1. The van der Waals surface area contributed by atoms with Crippen molar-refractivity contribution in [1.82, 2.24) is 20.1 Å². The maximum absolute atomic E-state index is 13.8. The summed E-state index contributed by atoms with van der Waals surface area (Å²) in [5.41, 5.74) is 1.25. The minimum absolute atomic E-state index is 0.0378. The highest BCUT2D eigenvalue weighted by Gasteiger charge is 2.41. The summed E-state index contributed by atoms with van der Waals surface area (Å²) in [6.45, 7) is 9.72. The first kappa shape index (κ1) is 41.1. The van der Waals surface area contributed by atoms with Crippen molar-refractivity contribution in [3.63, 3.8) is 0 Å². The van der Waals surface area contributed by atoms with Gasteiger partial charge in [0.25, 0.3) is 5.91 Å². The van der Waals surface area contributed by atoms with Crippen LogP contribution in [0.5, 0.6) is 0 Å². The molecule has 1 N–H and O–H groups in total. The summed E-state index contributed by atoms with van der Waals surface area (Å²) in [5.74, 6) is -3.64. The second kappa shape index (κ2) is 18.8. The molecule has 50 heavy (non-hydrogen) atoms. The molecule has 1 aromatic heterocycles. The number of Topliss-reactive ketones (excluding diaryl/α,β-unsaturated/α-hetero) is 1. The SMILES string of the molecule is CC(=O)O[C@H](C[C@H](C(C)C)N(C)C(=O)[C@@H](CC(=O)[C@H]1CCCCN1C)CC(F)(F)F)c1nc(C(=O)N[C@@H](Cc2ccccc2)CC(C)C)cs1. The summed E-state index contributed by atoms with van der Waals surface area (Å²) in [7, 11) is 3.21. The number of alkyl halides is 3. The van der Waals surface area contributed by atoms with Crippen LogP contribution in [-0.4, -0.2) is 83.3 Å². The summed E-state index contributed by atoms with van der Waals surface area (Å²) < 4.78 is 46.9. The van der Waals surface area contributed by atoms with Crippen molar-refractivity contribution in [3.05, 3.63) is 52.0 Å². The Morgan fingerprint density at radius 1 is 1.08 bits per heavy atom. The summed E-state index contributed by atoms with van der Waals surface area (Å²) in [4.78, 5) is 60.3. The number of piperidine rings is 1. The Morgan fingerprint density at radius 2 is 1.76 bits per heavy atom. The van der Waals surface area contributed by atoms with Crippen molar-refractivity contribution < 1.29 is 37.1 Å². The van der Waals surface area contributed by atoms with Gasteiger partial charge >= 0.3 is 12.1 Å². The number of carbonyl (C=O) groups excluding carboxylic acids is 4. The van der Waals surface area contributed by atoms with E-state index in [1.54, 1.807) is 12.4 Å². The quantitative estimate of drug-likeness (QED) is 0.175. The highest BCUT2D eigenvalue weighted by Crippen LogP contribution is 2.34. The average Bonchev–Trinajstić information content (AvgIpc) is 3.52. The molecule has 2 heterocycles. The van der Waals surface area contributed by atoms with Gasteiger partial charge in [0.1, 0.15) is 10.7 Å². The number of esters is 1. The number of nitrogens with one attached hydrogen (secondary N) is 1. The van der Waals surface area contributed by atoms with E-state index in [2.05, 4.69) is 24.1 Å². The van der Waals surface area contributed by atoms with Gasteiger partial charge in [0, 0.05) is 44.3 Å². The van der Waals surface area contributed by atoms with E-state index >= 15 is 0 Å². The van der Waals surface area contributed by atoms with Crippen molar-refractivity contribution in [1.29, 1.82) is 0 Å². The van der Waals surface area contributed by atoms with E-state index in [-0.39, 0.29) is 35.8 Å². The predicted octanol–water partition coefficient (Wildman–Crippen LogP) is 7.02. The number of amides is 2. The molecule has 9 nitrogen and oxygen atoms in total. The van der Waals surface area contributed by atoms with E-state index in [0.29, 0.717) is 30.3 Å². The van der Waals surface area contributed by atoms with E-state index in [1.807, 2.05) is 49.1 Å². The number of halogens is 3. The molecule has 1 fully saturated rings. The van der Waals surface area contributed by atoms with E-state index in [9.17, 15) is 32.3 Å². The lowest BCUT2D eigenvalue weighted by Gasteiger charge is -2.36. The van der Waals surface area contributed by atoms with Crippen LogP contribution in [0.1, 0.15) is 107 Å². The number of thiazole rings is 1. The number of aromatic nitrogens is 1. The van der Waals surface area contributed by atoms with Crippen LogP contribution in [0, 0.1) is 17.8 Å². The first-order valence-electron chi connectivity index (χ1n) is 17.5. The van der Waals surface area contributed by atoms with Crippen molar-refractivity contribution in [2.45, 2.75) is 116 Å². The Labute approximate surface area is 298 Å². The molecule has 2 amide bonds.